The Balaban J connectivity index is 3.74. The van der Waals surface area contributed by atoms with E-state index < -0.39 is 6.10 Å². The van der Waals surface area contributed by atoms with E-state index in [1.165, 1.54) is 0 Å². The van der Waals surface area contributed by atoms with Gasteiger partial charge in [-0.3, -0.25) is 4.79 Å². The van der Waals surface area contributed by atoms with E-state index in [1.807, 2.05) is 19.9 Å². The van der Waals surface area contributed by atoms with E-state index in [9.17, 15) is 9.90 Å². The number of hydrogen-bond acceptors (Lipinski definition) is 2. The van der Waals surface area contributed by atoms with Crippen molar-refractivity contribution in [1.82, 2.24) is 0 Å². The summed E-state index contributed by atoms with van der Waals surface area (Å²) in [5, 5.41) is 9.81. The molecule has 94 valence electrons. The van der Waals surface area contributed by atoms with E-state index in [0.29, 0.717) is 6.42 Å². The minimum atomic E-state index is -0.741. The minimum absolute atomic E-state index is 0.0207. The van der Waals surface area contributed by atoms with Crippen molar-refractivity contribution in [2.45, 2.75) is 64.9 Å². The van der Waals surface area contributed by atoms with Gasteiger partial charge < -0.3 is 5.11 Å². The van der Waals surface area contributed by atoms with Crippen LogP contribution >= 0.6 is 0 Å². The van der Waals surface area contributed by atoms with Gasteiger partial charge >= 0.3 is 0 Å². The van der Waals surface area contributed by atoms with Crippen LogP contribution < -0.4 is 0 Å². The van der Waals surface area contributed by atoms with Crippen molar-refractivity contribution >= 4 is 5.78 Å². The molecule has 0 saturated carbocycles. The number of aliphatic hydroxyl groups excluding tert-OH is 1. The summed E-state index contributed by atoms with van der Waals surface area (Å²) in [5.41, 5.74) is 0. The molecule has 1 N–H and O–H groups in total. The predicted octanol–water partition coefficient (Wildman–Crippen LogP) is 3.49. The van der Waals surface area contributed by atoms with Crippen molar-refractivity contribution in [3.05, 3.63) is 12.7 Å². The van der Waals surface area contributed by atoms with Gasteiger partial charge in [0.15, 0.2) is 5.78 Å². The fourth-order valence-corrected chi connectivity index (χ4v) is 1.91. The van der Waals surface area contributed by atoms with Crippen molar-refractivity contribution in [2.75, 3.05) is 0 Å². The van der Waals surface area contributed by atoms with Crippen LogP contribution in [-0.2, 0) is 4.79 Å². The fourth-order valence-electron chi connectivity index (χ4n) is 1.91. The number of hydrogen-bond donors (Lipinski definition) is 1. The molecule has 0 rings (SSSR count). The molecule has 16 heavy (non-hydrogen) atoms. The smallest absolute Gasteiger partial charge is 0.161 e. The zero-order valence-corrected chi connectivity index (χ0v) is 10.7. The van der Waals surface area contributed by atoms with Gasteiger partial charge in [0.1, 0.15) is 6.10 Å². The highest BCUT2D eigenvalue weighted by Crippen LogP contribution is 2.16. The lowest BCUT2D eigenvalue weighted by Gasteiger charge is -2.18. The quantitative estimate of drug-likeness (QED) is 0.457. The van der Waals surface area contributed by atoms with E-state index >= 15 is 0 Å². The van der Waals surface area contributed by atoms with Gasteiger partial charge in [0.05, 0.1) is 0 Å². The van der Waals surface area contributed by atoms with Crippen LogP contribution in [0.3, 0.4) is 0 Å². The first-order chi connectivity index (χ1) is 7.67. The molecule has 2 nitrogen and oxygen atoms in total. The van der Waals surface area contributed by atoms with Crippen LogP contribution in [0.1, 0.15) is 58.8 Å². The standard InChI is InChI=1S/C14H26O2/c1-4-7-8-9-10-11-13(15)14(16)12(5-2)6-3/h4,12,14,16H,1,5-11H2,2-3H3. The molecule has 0 radical (unpaired) electrons. The number of carbonyl (C=O) groups excluding carboxylic acids is 1. The molecule has 0 fully saturated rings. The summed E-state index contributed by atoms with van der Waals surface area (Å²) in [6.45, 7) is 7.71. The van der Waals surface area contributed by atoms with Gasteiger partial charge in [-0.15, -0.1) is 6.58 Å². The lowest BCUT2D eigenvalue weighted by Crippen LogP contribution is -2.28. The second-order valence-corrected chi connectivity index (χ2v) is 4.38. The second kappa shape index (κ2) is 9.59. The Morgan fingerprint density at radius 3 is 2.38 bits per heavy atom. The van der Waals surface area contributed by atoms with Gasteiger partial charge in [0.25, 0.3) is 0 Å². The topological polar surface area (TPSA) is 37.3 Å². The Morgan fingerprint density at radius 1 is 1.25 bits per heavy atom. The summed E-state index contributed by atoms with van der Waals surface area (Å²) >= 11 is 0. The molecule has 0 heterocycles. The van der Waals surface area contributed by atoms with Crippen LogP contribution in [0.15, 0.2) is 12.7 Å². The van der Waals surface area contributed by atoms with Crippen LogP contribution in [-0.4, -0.2) is 17.0 Å². The Hall–Kier alpha value is -0.630. The summed E-state index contributed by atoms with van der Waals surface area (Å²) in [4.78, 5) is 11.7. The van der Waals surface area contributed by atoms with Gasteiger partial charge in [-0.1, -0.05) is 39.2 Å². The number of unbranched alkanes of at least 4 members (excludes halogenated alkanes) is 3. The summed E-state index contributed by atoms with van der Waals surface area (Å²) < 4.78 is 0. The third-order valence-electron chi connectivity index (χ3n) is 3.16. The summed E-state index contributed by atoms with van der Waals surface area (Å²) in [7, 11) is 0. The van der Waals surface area contributed by atoms with E-state index in [1.54, 1.807) is 0 Å². The molecule has 0 aliphatic heterocycles. The first-order valence-electron chi connectivity index (χ1n) is 6.49. The number of aliphatic hydroxyl groups is 1. The van der Waals surface area contributed by atoms with Crippen molar-refractivity contribution in [3.8, 4) is 0 Å². The van der Waals surface area contributed by atoms with Crippen LogP contribution in [0.25, 0.3) is 0 Å². The summed E-state index contributed by atoms with van der Waals surface area (Å²) in [6.07, 6.45) is 7.49. The lowest BCUT2D eigenvalue weighted by molar-refractivity contribution is -0.130. The summed E-state index contributed by atoms with van der Waals surface area (Å²) in [5.74, 6) is 0.160. The molecular formula is C14H26O2. The third kappa shape index (κ3) is 6.06. The average molecular weight is 226 g/mol. The fraction of sp³-hybridized carbons (Fsp3) is 0.786. The Kier molecular flexibility index (Phi) is 9.21. The SMILES string of the molecule is C=CCCCCCC(=O)C(O)C(CC)CC. The highest BCUT2D eigenvalue weighted by atomic mass is 16.3. The third-order valence-corrected chi connectivity index (χ3v) is 3.16. The normalized spacial score (nSPS) is 12.8. The molecule has 0 bridgehead atoms. The first kappa shape index (κ1) is 15.4. The largest absolute Gasteiger partial charge is 0.385 e. The number of Topliss-reactive ketones (excluding diaryl/α,β-unsaturated/α-hetero) is 1. The Bertz CT molecular complexity index is 195. The van der Waals surface area contributed by atoms with Gasteiger partial charge in [0, 0.05) is 6.42 Å². The van der Waals surface area contributed by atoms with Crippen molar-refractivity contribution in [2.24, 2.45) is 5.92 Å². The van der Waals surface area contributed by atoms with Crippen LogP contribution in [0.5, 0.6) is 0 Å². The highest BCUT2D eigenvalue weighted by Gasteiger charge is 2.22. The number of carbonyl (C=O) groups is 1. The van der Waals surface area contributed by atoms with E-state index in [0.717, 1.165) is 38.5 Å². The molecule has 0 aromatic heterocycles. The highest BCUT2D eigenvalue weighted by molar-refractivity contribution is 5.83. The molecular weight excluding hydrogens is 200 g/mol. The maximum Gasteiger partial charge on any atom is 0.161 e. The molecule has 0 aromatic rings. The van der Waals surface area contributed by atoms with Crippen LogP contribution in [0, 0.1) is 5.92 Å². The predicted molar refractivity (Wildman–Crippen MR) is 68.4 cm³/mol. The first-order valence-corrected chi connectivity index (χ1v) is 6.49. The van der Waals surface area contributed by atoms with E-state index in [4.69, 9.17) is 0 Å². The van der Waals surface area contributed by atoms with Gasteiger partial charge in [-0.25, -0.2) is 0 Å². The molecule has 1 atom stereocenters. The number of allylic oxidation sites excluding steroid dienone is 1. The van der Waals surface area contributed by atoms with Crippen molar-refractivity contribution in [3.63, 3.8) is 0 Å². The molecule has 0 aliphatic rings. The molecule has 1 unspecified atom stereocenters. The van der Waals surface area contributed by atoms with Crippen molar-refractivity contribution in [1.29, 1.82) is 0 Å². The zero-order valence-electron chi connectivity index (χ0n) is 10.7. The maximum absolute atomic E-state index is 11.7. The van der Waals surface area contributed by atoms with Gasteiger partial charge in [0.2, 0.25) is 0 Å². The van der Waals surface area contributed by atoms with Gasteiger partial charge in [-0.05, 0) is 25.2 Å². The Labute approximate surface area is 99.7 Å². The van der Waals surface area contributed by atoms with Crippen LogP contribution in [0.2, 0.25) is 0 Å². The monoisotopic (exact) mass is 226 g/mol. The Morgan fingerprint density at radius 2 is 1.88 bits per heavy atom. The molecule has 2 heteroatoms. The van der Waals surface area contributed by atoms with E-state index in [2.05, 4.69) is 6.58 Å². The minimum Gasteiger partial charge on any atom is -0.385 e. The molecule has 0 saturated heterocycles. The molecule has 0 aromatic carbocycles. The maximum atomic E-state index is 11.7. The van der Waals surface area contributed by atoms with E-state index in [-0.39, 0.29) is 11.7 Å². The number of rotatable bonds is 10. The zero-order chi connectivity index (χ0) is 12.4. The molecule has 0 aliphatic carbocycles. The molecule has 0 spiro atoms. The van der Waals surface area contributed by atoms with Gasteiger partial charge in [-0.2, -0.15) is 0 Å². The van der Waals surface area contributed by atoms with Crippen molar-refractivity contribution < 1.29 is 9.90 Å². The summed E-state index contributed by atoms with van der Waals surface area (Å²) in [6, 6.07) is 0. The second-order valence-electron chi connectivity index (χ2n) is 4.38. The lowest BCUT2D eigenvalue weighted by atomic mass is 9.91. The van der Waals surface area contributed by atoms with Crippen LogP contribution in [0.4, 0.5) is 0 Å². The average Bonchev–Trinajstić information content (AvgIpc) is 2.30. The molecule has 0 amide bonds. The number of ketones is 1.